The summed E-state index contributed by atoms with van der Waals surface area (Å²) in [4.78, 5) is 15.7. The molecule has 0 aliphatic carbocycles. The first-order valence-electron chi connectivity index (χ1n) is 7.50. The number of fused-ring (bicyclic) bond motifs is 1. The average Bonchev–Trinajstić information content (AvgIpc) is 2.93. The van der Waals surface area contributed by atoms with Crippen LogP contribution in [0.1, 0.15) is 40.1 Å². The molecule has 0 unspecified atom stereocenters. The number of aryl methyl sites for hydroxylation is 2. The highest BCUT2D eigenvalue weighted by Gasteiger charge is 2.14. The molecule has 2 aromatic carbocycles. The van der Waals surface area contributed by atoms with Crippen LogP contribution in [0.5, 0.6) is 0 Å². The molecule has 3 heteroatoms. The van der Waals surface area contributed by atoms with E-state index in [1.807, 2.05) is 50.2 Å². The molecule has 0 spiro atoms. The molecule has 1 atom stereocenters. The van der Waals surface area contributed by atoms with E-state index < -0.39 is 0 Å². The van der Waals surface area contributed by atoms with Gasteiger partial charge in [-0.25, -0.2) is 0 Å². The maximum Gasteiger partial charge on any atom is 0.268 e. The molecule has 1 amide bonds. The smallest absolute Gasteiger partial charge is 0.268 e. The molecule has 3 rings (SSSR count). The zero-order valence-corrected chi connectivity index (χ0v) is 13.1. The molecular formula is C19H20N2O. The first-order chi connectivity index (χ1) is 10.5. The van der Waals surface area contributed by atoms with Crippen LogP contribution in [-0.4, -0.2) is 10.9 Å². The van der Waals surface area contributed by atoms with Gasteiger partial charge in [-0.1, -0.05) is 48.0 Å². The molecule has 0 aliphatic heterocycles. The maximum absolute atomic E-state index is 12.5. The van der Waals surface area contributed by atoms with Gasteiger partial charge >= 0.3 is 0 Å². The molecule has 0 radical (unpaired) electrons. The van der Waals surface area contributed by atoms with Crippen molar-refractivity contribution in [3.8, 4) is 0 Å². The lowest BCUT2D eigenvalue weighted by molar-refractivity contribution is 0.0935. The van der Waals surface area contributed by atoms with Crippen molar-refractivity contribution < 1.29 is 4.79 Å². The average molecular weight is 292 g/mol. The van der Waals surface area contributed by atoms with Gasteiger partial charge in [-0.05, 0) is 38.0 Å². The Labute approximate surface area is 130 Å². The second-order valence-corrected chi connectivity index (χ2v) is 5.83. The highest BCUT2D eigenvalue weighted by atomic mass is 16.1. The Balaban J connectivity index is 1.82. The highest BCUT2D eigenvalue weighted by Crippen LogP contribution is 2.20. The number of amides is 1. The molecule has 0 saturated heterocycles. The Hall–Kier alpha value is -2.55. The largest absolute Gasteiger partial charge is 0.350 e. The number of hydrogen-bond acceptors (Lipinski definition) is 1. The molecule has 3 aromatic rings. The van der Waals surface area contributed by atoms with Crippen LogP contribution in [0.4, 0.5) is 0 Å². The Bertz CT molecular complexity index is 832. The van der Waals surface area contributed by atoms with Crippen LogP contribution >= 0.6 is 0 Å². The number of carbonyl (C=O) groups is 1. The van der Waals surface area contributed by atoms with Crippen molar-refractivity contribution in [1.29, 1.82) is 0 Å². The SMILES string of the molecule is Cc1cccc([C@@H](C)NC(=O)c2cc3cccc(C)c3[nH]2)c1. The van der Waals surface area contributed by atoms with Crippen molar-refractivity contribution >= 4 is 16.8 Å². The van der Waals surface area contributed by atoms with Gasteiger partial charge in [0.2, 0.25) is 0 Å². The summed E-state index contributed by atoms with van der Waals surface area (Å²) in [6.07, 6.45) is 0. The molecule has 0 fully saturated rings. The van der Waals surface area contributed by atoms with Gasteiger partial charge in [0.05, 0.1) is 6.04 Å². The topological polar surface area (TPSA) is 44.9 Å². The summed E-state index contributed by atoms with van der Waals surface area (Å²) >= 11 is 0. The lowest BCUT2D eigenvalue weighted by Gasteiger charge is -2.14. The number of rotatable bonds is 3. The van der Waals surface area contributed by atoms with Gasteiger partial charge in [0.15, 0.2) is 0 Å². The summed E-state index contributed by atoms with van der Waals surface area (Å²) in [5, 5.41) is 4.11. The van der Waals surface area contributed by atoms with Gasteiger partial charge in [0, 0.05) is 10.9 Å². The fourth-order valence-electron chi connectivity index (χ4n) is 2.73. The standard InChI is InChI=1S/C19H20N2O/c1-12-6-4-8-15(10-12)14(3)20-19(22)17-11-16-9-5-7-13(2)18(16)21-17/h4-11,14,21H,1-3H3,(H,20,22)/t14-/m1/s1. The highest BCUT2D eigenvalue weighted by molar-refractivity contribution is 5.98. The van der Waals surface area contributed by atoms with Crippen LogP contribution in [0.25, 0.3) is 10.9 Å². The number of para-hydroxylation sites is 1. The third-order valence-corrected chi connectivity index (χ3v) is 4.00. The normalized spacial score (nSPS) is 12.3. The second kappa shape index (κ2) is 5.68. The Morgan fingerprint density at radius 2 is 1.86 bits per heavy atom. The third kappa shape index (κ3) is 2.75. The fourth-order valence-corrected chi connectivity index (χ4v) is 2.73. The Morgan fingerprint density at radius 1 is 1.09 bits per heavy atom. The predicted octanol–water partition coefficient (Wildman–Crippen LogP) is 4.28. The lowest BCUT2D eigenvalue weighted by atomic mass is 10.1. The first kappa shape index (κ1) is 14.4. The molecule has 2 N–H and O–H groups in total. The van der Waals surface area contributed by atoms with Gasteiger partial charge < -0.3 is 10.3 Å². The maximum atomic E-state index is 12.5. The van der Waals surface area contributed by atoms with Crippen molar-refractivity contribution in [2.24, 2.45) is 0 Å². The zero-order chi connectivity index (χ0) is 15.7. The van der Waals surface area contributed by atoms with E-state index in [0.29, 0.717) is 5.69 Å². The number of nitrogens with one attached hydrogen (secondary N) is 2. The summed E-state index contributed by atoms with van der Waals surface area (Å²) in [6, 6.07) is 16.1. The minimum atomic E-state index is -0.0791. The number of aromatic nitrogens is 1. The fraction of sp³-hybridized carbons (Fsp3) is 0.211. The van der Waals surface area contributed by atoms with Gasteiger partial charge in [-0.3, -0.25) is 4.79 Å². The molecule has 1 heterocycles. The number of benzene rings is 2. The van der Waals surface area contributed by atoms with Crippen molar-refractivity contribution in [1.82, 2.24) is 10.3 Å². The van der Waals surface area contributed by atoms with Crippen LogP contribution in [0.2, 0.25) is 0 Å². The van der Waals surface area contributed by atoms with Crippen molar-refractivity contribution in [2.75, 3.05) is 0 Å². The second-order valence-electron chi connectivity index (χ2n) is 5.83. The first-order valence-corrected chi connectivity index (χ1v) is 7.50. The molecule has 1 aromatic heterocycles. The van der Waals surface area contributed by atoms with E-state index in [-0.39, 0.29) is 11.9 Å². The third-order valence-electron chi connectivity index (χ3n) is 4.00. The number of carbonyl (C=O) groups excluding carboxylic acids is 1. The monoisotopic (exact) mass is 292 g/mol. The number of hydrogen-bond donors (Lipinski definition) is 2. The molecular weight excluding hydrogens is 272 g/mol. The predicted molar refractivity (Wildman–Crippen MR) is 90.1 cm³/mol. The van der Waals surface area contributed by atoms with E-state index in [4.69, 9.17) is 0 Å². The van der Waals surface area contributed by atoms with E-state index in [2.05, 4.69) is 29.4 Å². The van der Waals surface area contributed by atoms with Crippen LogP contribution < -0.4 is 5.32 Å². The summed E-state index contributed by atoms with van der Waals surface area (Å²) in [5.74, 6) is -0.0791. The van der Waals surface area contributed by atoms with E-state index in [0.717, 1.165) is 22.0 Å². The van der Waals surface area contributed by atoms with Crippen molar-refractivity contribution in [3.63, 3.8) is 0 Å². The summed E-state index contributed by atoms with van der Waals surface area (Å²) in [7, 11) is 0. The van der Waals surface area contributed by atoms with Crippen LogP contribution in [-0.2, 0) is 0 Å². The Morgan fingerprint density at radius 3 is 2.59 bits per heavy atom. The molecule has 112 valence electrons. The van der Waals surface area contributed by atoms with E-state index in [9.17, 15) is 4.79 Å². The molecule has 0 saturated carbocycles. The van der Waals surface area contributed by atoms with Crippen LogP contribution in [0, 0.1) is 13.8 Å². The molecule has 0 bridgehead atoms. The summed E-state index contributed by atoms with van der Waals surface area (Å²) in [6.45, 7) is 6.09. The number of aromatic amines is 1. The van der Waals surface area contributed by atoms with Crippen molar-refractivity contribution in [3.05, 3.63) is 70.9 Å². The zero-order valence-electron chi connectivity index (χ0n) is 13.1. The lowest BCUT2D eigenvalue weighted by Crippen LogP contribution is -2.26. The minimum absolute atomic E-state index is 0.0279. The quantitative estimate of drug-likeness (QED) is 0.743. The Kier molecular flexibility index (Phi) is 3.72. The summed E-state index contributed by atoms with van der Waals surface area (Å²) in [5.41, 5.74) is 5.07. The van der Waals surface area contributed by atoms with E-state index >= 15 is 0 Å². The van der Waals surface area contributed by atoms with Gasteiger partial charge in [-0.15, -0.1) is 0 Å². The van der Waals surface area contributed by atoms with Crippen LogP contribution in [0.3, 0.4) is 0 Å². The minimum Gasteiger partial charge on any atom is -0.350 e. The van der Waals surface area contributed by atoms with E-state index in [1.165, 1.54) is 5.56 Å². The number of H-pyrrole nitrogens is 1. The van der Waals surface area contributed by atoms with E-state index in [1.54, 1.807) is 0 Å². The molecule has 3 nitrogen and oxygen atoms in total. The molecule has 22 heavy (non-hydrogen) atoms. The summed E-state index contributed by atoms with van der Waals surface area (Å²) < 4.78 is 0. The van der Waals surface area contributed by atoms with Gasteiger partial charge in [0.25, 0.3) is 5.91 Å². The van der Waals surface area contributed by atoms with Crippen molar-refractivity contribution in [2.45, 2.75) is 26.8 Å². The van der Waals surface area contributed by atoms with Gasteiger partial charge in [0.1, 0.15) is 5.69 Å². The molecule has 0 aliphatic rings. The van der Waals surface area contributed by atoms with Crippen LogP contribution in [0.15, 0.2) is 48.5 Å². The van der Waals surface area contributed by atoms with Gasteiger partial charge in [-0.2, -0.15) is 0 Å².